The van der Waals surface area contributed by atoms with E-state index in [0.717, 1.165) is 17.9 Å². The van der Waals surface area contributed by atoms with Crippen molar-refractivity contribution in [1.82, 2.24) is 8.67 Å². The van der Waals surface area contributed by atoms with Crippen molar-refractivity contribution in [2.75, 3.05) is 0 Å². The van der Waals surface area contributed by atoms with Gasteiger partial charge in [-0.1, -0.05) is 0 Å². The summed E-state index contributed by atoms with van der Waals surface area (Å²) in [6, 6.07) is 15.8. The van der Waals surface area contributed by atoms with Crippen LogP contribution in [0.1, 0.15) is 0 Å². The van der Waals surface area contributed by atoms with Crippen LogP contribution in [0.25, 0.3) is 0 Å². The quantitative estimate of drug-likeness (QED) is 0.584. The summed E-state index contributed by atoms with van der Waals surface area (Å²) in [6.45, 7) is 0. The summed E-state index contributed by atoms with van der Waals surface area (Å²) in [5.41, 5.74) is 0. The SMILES string of the molecule is O=C(N[Se]c1ccc(Br)cc1)N[Se]c1ccc(Br)cc1. The molecule has 2 rings (SSSR count). The van der Waals surface area contributed by atoms with E-state index < -0.39 is 0 Å². The Hall–Kier alpha value is -0.291. The van der Waals surface area contributed by atoms with Crippen molar-refractivity contribution >= 4 is 77.2 Å². The zero-order chi connectivity index (χ0) is 14.4. The number of carbonyl (C=O) groups excluding carboxylic acids is 1. The molecule has 0 unspecified atom stereocenters. The van der Waals surface area contributed by atoms with Crippen LogP contribution in [0.3, 0.4) is 0 Å². The number of hydrogen-bond acceptors (Lipinski definition) is 1. The zero-order valence-corrected chi connectivity index (χ0v) is 16.7. The van der Waals surface area contributed by atoms with Crippen molar-refractivity contribution in [3.63, 3.8) is 0 Å². The molecule has 0 aromatic heterocycles. The van der Waals surface area contributed by atoms with Crippen LogP contribution < -0.4 is 17.6 Å². The number of carbonyl (C=O) groups is 1. The predicted octanol–water partition coefficient (Wildman–Crippen LogP) is 1.70. The Morgan fingerprint density at radius 2 is 1.10 bits per heavy atom. The monoisotopic (exact) mass is 528 g/mol. The van der Waals surface area contributed by atoms with Gasteiger partial charge in [-0.25, -0.2) is 0 Å². The van der Waals surface area contributed by atoms with Crippen LogP contribution in [0.2, 0.25) is 0 Å². The van der Waals surface area contributed by atoms with Crippen molar-refractivity contribution < 1.29 is 4.79 Å². The van der Waals surface area contributed by atoms with Gasteiger partial charge in [-0.2, -0.15) is 0 Å². The number of benzene rings is 2. The average Bonchev–Trinajstić information content (AvgIpc) is 2.46. The third-order valence-electron chi connectivity index (χ3n) is 2.15. The van der Waals surface area contributed by atoms with Crippen molar-refractivity contribution in [2.24, 2.45) is 0 Å². The van der Waals surface area contributed by atoms with Crippen LogP contribution in [0.5, 0.6) is 0 Å². The van der Waals surface area contributed by atoms with Gasteiger partial charge >= 0.3 is 148 Å². The van der Waals surface area contributed by atoms with Gasteiger partial charge in [0.1, 0.15) is 0 Å². The number of nitrogens with one attached hydrogen (secondary N) is 2. The van der Waals surface area contributed by atoms with Gasteiger partial charge in [-0.05, 0) is 0 Å². The molecule has 0 aliphatic carbocycles. The fourth-order valence-corrected chi connectivity index (χ4v) is 4.33. The second kappa shape index (κ2) is 8.22. The molecular formula is C13H10Br2N2OSe2. The van der Waals surface area contributed by atoms with Crippen LogP contribution in [0.15, 0.2) is 57.5 Å². The molecule has 7 heteroatoms. The summed E-state index contributed by atoms with van der Waals surface area (Å²) in [5.74, 6) is 0. The summed E-state index contributed by atoms with van der Waals surface area (Å²) in [4.78, 5) is 11.7. The molecule has 0 heterocycles. The van der Waals surface area contributed by atoms with Gasteiger partial charge in [-0.15, -0.1) is 0 Å². The van der Waals surface area contributed by atoms with E-state index in [-0.39, 0.29) is 36.4 Å². The summed E-state index contributed by atoms with van der Waals surface area (Å²) in [7, 11) is 0. The van der Waals surface area contributed by atoms with Gasteiger partial charge in [-0.3, -0.25) is 0 Å². The summed E-state index contributed by atoms with van der Waals surface area (Å²) >= 11 is 6.67. The van der Waals surface area contributed by atoms with Crippen molar-refractivity contribution in [1.29, 1.82) is 0 Å². The molecule has 20 heavy (non-hydrogen) atoms. The maximum atomic E-state index is 11.7. The van der Waals surface area contributed by atoms with E-state index in [4.69, 9.17) is 0 Å². The van der Waals surface area contributed by atoms with Gasteiger partial charge in [0.25, 0.3) is 0 Å². The Morgan fingerprint density at radius 3 is 1.45 bits per heavy atom. The molecule has 2 aromatic rings. The van der Waals surface area contributed by atoms with Gasteiger partial charge in [0, 0.05) is 0 Å². The third-order valence-corrected chi connectivity index (χ3v) is 6.55. The number of halogens is 2. The van der Waals surface area contributed by atoms with E-state index in [1.165, 1.54) is 0 Å². The van der Waals surface area contributed by atoms with E-state index in [2.05, 4.69) is 40.5 Å². The average molecular weight is 528 g/mol. The molecule has 0 atom stereocenters. The van der Waals surface area contributed by atoms with Crippen molar-refractivity contribution in [3.8, 4) is 0 Å². The molecule has 0 radical (unpaired) electrons. The molecule has 0 bridgehead atoms. The zero-order valence-electron chi connectivity index (χ0n) is 10.1. The molecule has 3 nitrogen and oxygen atoms in total. The van der Waals surface area contributed by atoms with E-state index in [1.54, 1.807) is 0 Å². The molecule has 0 saturated carbocycles. The first-order valence-electron chi connectivity index (χ1n) is 5.54. The Kier molecular flexibility index (Phi) is 6.62. The van der Waals surface area contributed by atoms with Crippen LogP contribution in [-0.2, 0) is 0 Å². The maximum absolute atomic E-state index is 11.7. The van der Waals surface area contributed by atoms with Gasteiger partial charge in [0.05, 0.1) is 0 Å². The first-order valence-corrected chi connectivity index (χ1v) is 10.6. The van der Waals surface area contributed by atoms with Crippen LogP contribution in [-0.4, -0.2) is 36.4 Å². The Balaban J connectivity index is 1.75. The van der Waals surface area contributed by atoms with Gasteiger partial charge in [0.15, 0.2) is 0 Å². The fourth-order valence-electron chi connectivity index (χ4n) is 1.24. The van der Waals surface area contributed by atoms with E-state index >= 15 is 0 Å². The molecule has 2 amide bonds. The van der Waals surface area contributed by atoms with Crippen LogP contribution >= 0.6 is 31.9 Å². The molecule has 0 saturated heterocycles. The molecule has 2 aromatic carbocycles. The number of amides is 2. The van der Waals surface area contributed by atoms with Gasteiger partial charge < -0.3 is 0 Å². The van der Waals surface area contributed by atoms with E-state index in [9.17, 15) is 4.79 Å². The third kappa shape index (κ3) is 5.60. The first-order chi connectivity index (χ1) is 9.63. The number of hydrogen-bond donors (Lipinski definition) is 2. The topological polar surface area (TPSA) is 41.1 Å². The fraction of sp³-hybridized carbons (Fsp3) is 0. The van der Waals surface area contributed by atoms with Crippen molar-refractivity contribution in [3.05, 3.63) is 57.5 Å². The molecule has 0 spiro atoms. The molecule has 0 aliphatic heterocycles. The standard InChI is InChI=1S/C13H10Br2N2OSe2/c14-9-1-5-11(6-2-9)19-16-13(18)17-20-12-7-3-10(15)4-8-12/h1-8H,(H2,16,17,18). The summed E-state index contributed by atoms with van der Waals surface area (Å²) in [5, 5.41) is 0. The van der Waals surface area contributed by atoms with Gasteiger partial charge in [0.2, 0.25) is 0 Å². The second-order valence-corrected chi connectivity index (χ2v) is 9.17. The number of rotatable bonds is 4. The predicted molar refractivity (Wildman–Crippen MR) is 90.7 cm³/mol. The molecule has 2 N–H and O–H groups in total. The Morgan fingerprint density at radius 1 is 0.750 bits per heavy atom. The minimum absolute atomic E-state index is 0.0550. The van der Waals surface area contributed by atoms with Crippen LogP contribution in [0, 0.1) is 0 Å². The molecular weight excluding hydrogens is 518 g/mol. The molecule has 0 aliphatic rings. The molecule has 0 fully saturated rings. The van der Waals surface area contributed by atoms with Crippen LogP contribution in [0.4, 0.5) is 4.79 Å². The Labute approximate surface area is 147 Å². The summed E-state index contributed by atoms with van der Waals surface area (Å²) < 4.78 is 10.2. The molecule has 104 valence electrons. The number of urea groups is 1. The first kappa shape index (κ1) is 16.1. The normalized spacial score (nSPS) is 10.1. The van der Waals surface area contributed by atoms with E-state index in [1.807, 2.05) is 48.5 Å². The van der Waals surface area contributed by atoms with E-state index in [0.29, 0.717) is 0 Å². The Bertz CT molecular complexity index is 524. The second-order valence-electron chi connectivity index (χ2n) is 3.65. The minimum atomic E-state index is -0.115. The summed E-state index contributed by atoms with van der Waals surface area (Å²) in [6.07, 6.45) is 0. The van der Waals surface area contributed by atoms with Crippen molar-refractivity contribution in [2.45, 2.75) is 0 Å².